The third-order valence-electron chi connectivity index (χ3n) is 2.63. The van der Waals surface area contributed by atoms with E-state index in [1.165, 1.54) is 12.8 Å². The van der Waals surface area contributed by atoms with Crippen LogP contribution in [0.5, 0.6) is 0 Å². The molecule has 0 atom stereocenters. The molecular formula is C12H19N3. The summed E-state index contributed by atoms with van der Waals surface area (Å²) in [7, 11) is 0. The van der Waals surface area contributed by atoms with E-state index in [1.807, 2.05) is 6.07 Å². The molecule has 1 aromatic rings. The second-order valence-corrected chi connectivity index (χ2v) is 4.95. The van der Waals surface area contributed by atoms with Gasteiger partial charge in [-0.15, -0.1) is 0 Å². The molecule has 1 saturated carbocycles. The van der Waals surface area contributed by atoms with Crippen LogP contribution in [0.25, 0.3) is 0 Å². The van der Waals surface area contributed by atoms with E-state index in [1.54, 1.807) is 0 Å². The molecule has 1 aliphatic carbocycles. The van der Waals surface area contributed by atoms with Crippen LogP contribution in [0.4, 0.5) is 5.82 Å². The average Bonchev–Trinajstić information content (AvgIpc) is 2.85. The molecule has 0 aromatic carbocycles. The Morgan fingerprint density at radius 1 is 1.40 bits per heavy atom. The quantitative estimate of drug-likeness (QED) is 0.820. The minimum absolute atomic E-state index is 0.619. The van der Waals surface area contributed by atoms with Crippen LogP contribution in [-0.2, 0) is 12.8 Å². The van der Waals surface area contributed by atoms with Crippen LogP contribution in [0.3, 0.4) is 0 Å². The van der Waals surface area contributed by atoms with Gasteiger partial charge in [-0.05, 0) is 31.1 Å². The first-order valence-electron chi connectivity index (χ1n) is 5.76. The number of nitrogen functional groups attached to an aromatic ring is 1. The molecule has 0 saturated heterocycles. The standard InChI is InChI=1S/C12H19N3/c1-8(2)5-10-7-11(13)15-12(14-10)6-9-3-4-9/h7-9H,3-6H2,1-2H3,(H2,13,14,15). The van der Waals surface area contributed by atoms with Gasteiger partial charge in [0.1, 0.15) is 11.6 Å². The zero-order valence-electron chi connectivity index (χ0n) is 9.53. The summed E-state index contributed by atoms with van der Waals surface area (Å²) in [5.74, 6) is 3.00. The van der Waals surface area contributed by atoms with Gasteiger partial charge in [-0.25, -0.2) is 9.97 Å². The molecule has 15 heavy (non-hydrogen) atoms. The predicted octanol–water partition coefficient (Wildman–Crippen LogP) is 2.21. The van der Waals surface area contributed by atoms with Gasteiger partial charge >= 0.3 is 0 Å². The Bertz CT molecular complexity index is 320. The Labute approximate surface area is 91.1 Å². The topological polar surface area (TPSA) is 51.8 Å². The lowest BCUT2D eigenvalue weighted by Gasteiger charge is -2.07. The second kappa shape index (κ2) is 4.17. The monoisotopic (exact) mass is 205 g/mol. The van der Waals surface area contributed by atoms with Gasteiger partial charge in [0.2, 0.25) is 0 Å². The van der Waals surface area contributed by atoms with Gasteiger partial charge in [0.25, 0.3) is 0 Å². The van der Waals surface area contributed by atoms with Crippen LogP contribution in [0.15, 0.2) is 6.07 Å². The molecule has 3 nitrogen and oxygen atoms in total. The number of nitrogens with zero attached hydrogens (tertiary/aromatic N) is 2. The summed E-state index contributed by atoms with van der Waals surface area (Å²) in [6.45, 7) is 4.39. The molecule has 0 unspecified atom stereocenters. The molecule has 3 heteroatoms. The van der Waals surface area contributed by atoms with Crippen molar-refractivity contribution < 1.29 is 0 Å². The molecule has 82 valence electrons. The van der Waals surface area contributed by atoms with Crippen LogP contribution in [0, 0.1) is 11.8 Å². The lowest BCUT2D eigenvalue weighted by molar-refractivity contribution is 0.628. The SMILES string of the molecule is CC(C)Cc1cc(N)nc(CC2CC2)n1. The second-order valence-electron chi connectivity index (χ2n) is 4.95. The Balaban J connectivity index is 2.11. The highest BCUT2D eigenvalue weighted by molar-refractivity contribution is 5.30. The van der Waals surface area contributed by atoms with E-state index in [0.717, 1.165) is 30.3 Å². The van der Waals surface area contributed by atoms with Gasteiger partial charge in [-0.2, -0.15) is 0 Å². The van der Waals surface area contributed by atoms with E-state index in [9.17, 15) is 0 Å². The summed E-state index contributed by atoms with van der Waals surface area (Å²) in [6, 6.07) is 1.90. The van der Waals surface area contributed by atoms with Crippen LogP contribution in [0.2, 0.25) is 0 Å². The summed E-state index contributed by atoms with van der Waals surface area (Å²) >= 11 is 0. The molecular weight excluding hydrogens is 186 g/mol. The number of hydrogen-bond donors (Lipinski definition) is 1. The van der Waals surface area contributed by atoms with Crippen LogP contribution >= 0.6 is 0 Å². The molecule has 0 radical (unpaired) electrons. The maximum Gasteiger partial charge on any atom is 0.131 e. The molecule has 2 rings (SSSR count). The minimum atomic E-state index is 0.619. The first-order chi connectivity index (χ1) is 7.13. The zero-order chi connectivity index (χ0) is 10.8. The maximum atomic E-state index is 5.78. The fraction of sp³-hybridized carbons (Fsp3) is 0.667. The first kappa shape index (κ1) is 10.4. The first-order valence-corrected chi connectivity index (χ1v) is 5.76. The molecule has 2 N–H and O–H groups in total. The smallest absolute Gasteiger partial charge is 0.131 e. The van der Waals surface area contributed by atoms with Crippen LogP contribution in [0.1, 0.15) is 38.2 Å². The number of rotatable bonds is 4. The van der Waals surface area contributed by atoms with E-state index in [0.29, 0.717) is 11.7 Å². The predicted molar refractivity (Wildman–Crippen MR) is 61.4 cm³/mol. The minimum Gasteiger partial charge on any atom is -0.384 e. The van der Waals surface area contributed by atoms with E-state index in [-0.39, 0.29) is 0 Å². The molecule has 0 spiro atoms. The van der Waals surface area contributed by atoms with Gasteiger partial charge < -0.3 is 5.73 Å². The molecule has 1 aliphatic rings. The molecule has 1 heterocycles. The van der Waals surface area contributed by atoms with Crippen molar-refractivity contribution in [3.8, 4) is 0 Å². The highest BCUT2D eigenvalue weighted by Gasteiger charge is 2.23. The van der Waals surface area contributed by atoms with Crippen molar-refractivity contribution in [2.75, 3.05) is 5.73 Å². The van der Waals surface area contributed by atoms with Crippen molar-refractivity contribution in [3.63, 3.8) is 0 Å². The van der Waals surface area contributed by atoms with Gasteiger partial charge in [0, 0.05) is 18.2 Å². The van der Waals surface area contributed by atoms with Crippen LogP contribution < -0.4 is 5.73 Å². The van der Waals surface area contributed by atoms with Crippen molar-refractivity contribution in [3.05, 3.63) is 17.6 Å². The molecule has 1 fully saturated rings. The normalized spacial score (nSPS) is 15.9. The zero-order valence-corrected chi connectivity index (χ0v) is 9.53. The largest absolute Gasteiger partial charge is 0.384 e. The highest BCUT2D eigenvalue weighted by Crippen LogP contribution is 2.31. The van der Waals surface area contributed by atoms with Gasteiger partial charge in [-0.3, -0.25) is 0 Å². The fourth-order valence-electron chi connectivity index (χ4n) is 1.77. The Hall–Kier alpha value is -1.12. The summed E-state index contributed by atoms with van der Waals surface area (Å²) in [5.41, 5.74) is 6.87. The molecule has 0 amide bonds. The van der Waals surface area contributed by atoms with Crippen LogP contribution in [-0.4, -0.2) is 9.97 Å². The fourth-order valence-corrected chi connectivity index (χ4v) is 1.77. The Morgan fingerprint density at radius 2 is 2.13 bits per heavy atom. The molecule has 0 aliphatic heterocycles. The maximum absolute atomic E-state index is 5.78. The van der Waals surface area contributed by atoms with E-state index in [2.05, 4.69) is 23.8 Å². The van der Waals surface area contributed by atoms with E-state index in [4.69, 9.17) is 5.73 Å². The lowest BCUT2D eigenvalue weighted by Crippen LogP contribution is -2.06. The molecule has 0 bridgehead atoms. The summed E-state index contributed by atoms with van der Waals surface area (Å²) in [4.78, 5) is 8.85. The average molecular weight is 205 g/mol. The summed E-state index contributed by atoms with van der Waals surface area (Å²) < 4.78 is 0. The number of hydrogen-bond acceptors (Lipinski definition) is 3. The molecule has 1 aromatic heterocycles. The summed E-state index contributed by atoms with van der Waals surface area (Å²) in [5, 5.41) is 0. The van der Waals surface area contributed by atoms with E-state index >= 15 is 0 Å². The van der Waals surface area contributed by atoms with Gasteiger partial charge in [0.05, 0.1) is 0 Å². The van der Waals surface area contributed by atoms with E-state index < -0.39 is 0 Å². The van der Waals surface area contributed by atoms with Gasteiger partial charge in [-0.1, -0.05) is 13.8 Å². The van der Waals surface area contributed by atoms with Crippen molar-refractivity contribution in [1.82, 2.24) is 9.97 Å². The van der Waals surface area contributed by atoms with Crippen molar-refractivity contribution in [2.24, 2.45) is 11.8 Å². The van der Waals surface area contributed by atoms with Gasteiger partial charge in [0.15, 0.2) is 0 Å². The third kappa shape index (κ3) is 3.18. The number of aromatic nitrogens is 2. The van der Waals surface area contributed by atoms with Crippen molar-refractivity contribution in [1.29, 1.82) is 0 Å². The summed E-state index contributed by atoms with van der Waals surface area (Å²) in [6.07, 6.45) is 4.66. The Kier molecular flexibility index (Phi) is 2.89. The number of anilines is 1. The Morgan fingerprint density at radius 3 is 2.73 bits per heavy atom. The number of nitrogens with two attached hydrogens (primary N) is 1. The lowest BCUT2D eigenvalue weighted by atomic mass is 10.1. The van der Waals surface area contributed by atoms with Crippen molar-refractivity contribution in [2.45, 2.75) is 39.5 Å². The highest BCUT2D eigenvalue weighted by atomic mass is 14.9. The van der Waals surface area contributed by atoms with Crippen molar-refractivity contribution >= 4 is 5.82 Å². The third-order valence-corrected chi connectivity index (χ3v) is 2.63.